The van der Waals surface area contributed by atoms with E-state index in [0.717, 1.165) is 34.7 Å². The van der Waals surface area contributed by atoms with E-state index in [9.17, 15) is 18.0 Å². The van der Waals surface area contributed by atoms with Crippen molar-refractivity contribution >= 4 is 61.2 Å². The number of anilines is 1. The van der Waals surface area contributed by atoms with Crippen LogP contribution in [0.4, 0.5) is 5.00 Å². The zero-order chi connectivity index (χ0) is 23.8. The average molecular weight is 532 g/mol. The Balaban J connectivity index is 1.63. The minimum Gasteiger partial charge on any atom is -0.462 e. The van der Waals surface area contributed by atoms with Crippen LogP contribution in [0, 0.1) is 0 Å². The number of piperidine rings is 1. The average Bonchev–Trinajstić information content (AvgIpc) is 3.37. The predicted molar refractivity (Wildman–Crippen MR) is 130 cm³/mol. The molecule has 180 valence electrons. The van der Waals surface area contributed by atoms with Gasteiger partial charge in [-0.2, -0.15) is 4.31 Å². The number of halogens is 1. The van der Waals surface area contributed by atoms with Crippen LogP contribution in [0.15, 0.2) is 16.3 Å². The monoisotopic (exact) mass is 531 g/mol. The summed E-state index contributed by atoms with van der Waals surface area (Å²) in [6, 6.07) is 2.15. The van der Waals surface area contributed by atoms with Crippen LogP contribution in [0.2, 0.25) is 4.34 Å². The fourth-order valence-electron chi connectivity index (χ4n) is 4.24. The number of sulfonamides is 1. The summed E-state index contributed by atoms with van der Waals surface area (Å²) in [6.07, 6.45) is 2.52. The number of nitrogens with zero attached hydrogens (tertiary/aromatic N) is 2. The first-order chi connectivity index (χ1) is 15.7. The molecule has 1 saturated heterocycles. The van der Waals surface area contributed by atoms with Gasteiger partial charge >= 0.3 is 5.97 Å². The predicted octanol–water partition coefficient (Wildman–Crippen LogP) is 3.81. The van der Waals surface area contributed by atoms with Crippen molar-refractivity contribution < 1.29 is 22.7 Å². The molecule has 1 fully saturated rings. The highest BCUT2D eigenvalue weighted by atomic mass is 35.5. The quantitative estimate of drug-likeness (QED) is 0.569. The summed E-state index contributed by atoms with van der Waals surface area (Å²) in [5.41, 5.74) is 1.31. The highest BCUT2D eigenvalue weighted by molar-refractivity contribution is 7.91. The Morgan fingerprint density at radius 2 is 2.03 bits per heavy atom. The SMILES string of the molecule is CCOC(=O)c1c(NC(=O)C2CCCCN2S(=O)(=O)c2ccc(Cl)s2)sc2c1CCN(C)C2. The van der Waals surface area contributed by atoms with E-state index in [1.54, 1.807) is 6.92 Å². The molecule has 2 aliphatic heterocycles. The molecule has 4 heterocycles. The molecule has 1 N–H and O–H groups in total. The largest absolute Gasteiger partial charge is 0.462 e. The summed E-state index contributed by atoms with van der Waals surface area (Å²) in [5, 5.41) is 3.31. The number of amides is 1. The second-order valence-electron chi connectivity index (χ2n) is 8.09. The molecule has 0 spiro atoms. The van der Waals surface area contributed by atoms with Crippen molar-refractivity contribution in [1.82, 2.24) is 9.21 Å². The van der Waals surface area contributed by atoms with Gasteiger partial charge in [0.25, 0.3) is 10.0 Å². The van der Waals surface area contributed by atoms with E-state index in [1.165, 1.54) is 27.8 Å². The Morgan fingerprint density at radius 1 is 1.24 bits per heavy atom. The number of hydrogen-bond donors (Lipinski definition) is 1. The van der Waals surface area contributed by atoms with Crippen LogP contribution in [-0.4, -0.2) is 62.3 Å². The van der Waals surface area contributed by atoms with Crippen molar-refractivity contribution in [2.24, 2.45) is 0 Å². The molecule has 1 atom stereocenters. The summed E-state index contributed by atoms with van der Waals surface area (Å²) in [6.45, 7) is 3.72. The van der Waals surface area contributed by atoms with E-state index in [4.69, 9.17) is 16.3 Å². The number of likely N-dealkylation sites (N-methyl/N-ethyl adjacent to an activating group) is 1. The Hall–Kier alpha value is -1.50. The number of rotatable bonds is 6. The van der Waals surface area contributed by atoms with E-state index >= 15 is 0 Å². The molecule has 0 aromatic carbocycles. The van der Waals surface area contributed by atoms with Crippen molar-refractivity contribution in [2.45, 2.75) is 49.4 Å². The van der Waals surface area contributed by atoms with Gasteiger partial charge in [0.15, 0.2) is 0 Å². The lowest BCUT2D eigenvalue weighted by atomic mass is 10.0. The van der Waals surface area contributed by atoms with Crippen LogP contribution < -0.4 is 5.32 Å². The Bertz CT molecular complexity index is 1160. The zero-order valence-corrected chi connectivity index (χ0v) is 21.6. The van der Waals surface area contributed by atoms with Crippen molar-refractivity contribution in [2.75, 3.05) is 32.1 Å². The van der Waals surface area contributed by atoms with Gasteiger partial charge in [-0.05, 0) is 50.9 Å². The van der Waals surface area contributed by atoms with Crippen molar-refractivity contribution in [3.63, 3.8) is 0 Å². The van der Waals surface area contributed by atoms with Gasteiger partial charge < -0.3 is 15.0 Å². The van der Waals surface area contributed by atoms with Crippen molar-refractivity contribution in [3.8, 4) is 0 Å². The van der Waals surface area contributed by atoms with Gasteiger partial charge in [0.05, 0.1) is 16.5 Å². The van der Waals surface area contributed by atoms with Crippen LogP contribution in [-0.2, 0) is 32.5 Å². The first-order valence-electron chi connectivity index (χ1n) is 10.8. The van der Waals surface area contributed by atoms with Gasteiger partial charge in [0, 0.05) is 24.5 Å². The van der Waals surface area contributed by atoms with Gasteiger partial charge in [-0.3, -0.25) is 4.79 Å². The van der Waals surface area contributed by atoms with E-state index in [2.05, 4.69) is 10.2 Å². The van der Waals surface area contributed by atoms with Crippen LogP contribution in [0.1, 0.15) is 47.0 Å². The summed E-state index contributed by atoms with van der Waals surface area (Å²) in [5.74, 6) is -0.894. The molecule has 12 heteroatoms. The summed E-state index contributed by atoms with van der Waals surface area (Å²) in [4.78, 5) is 29.3. The van der Waals surface area contributed by atoms with E-state index in [-0.39, 0.29) is 17.4 Å². The summed E-state index contributed by atoms with van der Waals surface area (Å²) < 4.78 is 33.5. The number of ether oxygens (including phenoxy) is 1. The lowest BCUT2D eigenvalue weighted by molar-refractivity contribution is -0.120. The molecule has 0 aliphatic carbocycles. The standard InChI is InChI=1S/C21H26ClN3O5S3/c1-3-30-21(27)18-13-9-11-24(2)12-15(13)31-20(18)23-19(26)14-6-4-5-10-25(14)33(28,29)17-8-7-16(22)32-17/h7-8,14H,3-6,9-12H2,1-2H3,(H,23,26). The Kier molecular flexibility index (Phi) is 7.47. The normalized spacial score (nSPS) is 19.8. The zero-order valence-electron chi connectivity index (χ0n) is 18.4. The maximum atomic E-state index is 13.4. The minimum atomic E-state index is -3.86. The molecule has 0 radical (unpaired) electrons. The molecule has 2 aromatic rings. The molecule has 2 aliphatic rings. The molecule has 33 heavy (non-hydrogen) atoms. The van der Waals surface area contributed by atoms with Crippen molar-refractivity contribution in [3.05, 3.63) is 32.5 Å². The molecule has 1 amide bonds. The van der Waals surface area contributed by atoms with Crippen LogP contribution in [0.5, 0.6) is 0 Å². The van der Waals surface area contributed by atoms with Gasteiger partial charge in [-0.15, -0.1) is 22.7 Å². The number of thiophene rings is 2. The first-order valence-corrected chi connectivity index (χ1v) is 14.3. The highest BCUT2D eigenvalue weighted by Gasteiger charge is 2.39. The lowest BCUT2D eigenvalue weighted by Crippen LogP contribution is -2.49. The lowest BCUT2D eigenvalue weighted by Gasteiger charge is -2.33. The molecular weight excluding hydrogens is 506 g/mol. The van der Waals surface area contributed by atoms with E-state index in [1.807, 2.05) is 7.05 Å². The number of hydrogen-bond acceptors (Lipinski definition) is 8. The van der Waals surface area contributed by atoms with Gasteiger partial charge in [0.2, 0.25) is 5.91 Å². The van der Waals surface area contributed by atoms with E-state index in [0.29, 0.717) is 40.7 Å². The summed E-state index contributed by atoms with van der Waals surface area (Å²) >= 11 is 8.29. The third-order valence-electron chi connectivity index (χ3n) is 5.83. The maximum Gasteiger partial charge on any atom is 0.341 e. The highest BCUT2D eigenvalue weighted by Crippen LogP contribution is 2.38. The fourth-order valence-corrected chi connectivity index (χ4v) is 8.83. The number of fused-ring (bicyclic) bond motifs is 1. The maximum absolute atomic E-state index is 13.4. The van der Waals surface area contributed by atoms with Crippen LogP contribution in [0.25, 0.3) is 0 Å². The molecule has 2 aromatic heterocycles. The topological polar surface area (TPSA) is 96.0 Å². The van der Waals surface area contributed by atoms with Gasteiger partial charge in [0.1, 0.15) is 15.3 Å². The second kappa shape index (κ2) is 10.0. The molecule has 8 nitrogen and oxygen atoms in total. The third kappa shape index (κ3) is 4.98. The molecule has 0 saturated carbocycles. The fraction of sp³-hybridized carbons (Fsp3) is 0.524. The minimum absolute atomic E-state index is 0.119. The van der Waals surface area contributed by atoms with Crippen LogP contribution in [0.3, 0.4) is 0 Å². The van der Waals surface area contributed by atoms with Crippen molar-refractivity contribution in [1.29, 1.82) is 0 Å². The van der Waals surface area contributed by atoms with E-state index < -0.39 is 27.9 Å². The van der Waals surface area contributed by atoms with Gasteiger partial charge in [-0.25, -0.2) is 13.2 Å². The van der Waals surface area contributed by atoms with Gasteiger partial charge in [-0.1, -0.05) is 18.0 Å². The second-order valence-corrected chi connectivity index (χ2v) is 13.0. The smallest absolute Gasteiger partial charge is 0.341 e. The third-order valence-corrected chi connectivity index (χ3v) is 10.6. The summed E-state index contributed by atoms with van der Waals surface area (Å²) in [7, 11) is -1.85. The molecular formula is C21H26ClN3O5S3. The number of carbonyl (C=O) groups excluding carboxylic acids is 2. The molecule has 0 bridgehead atoms. The molecule has 4 rings (SSSR count). The number of carbonyl (C=O) groups is 2. The number of nitrogens with one attached hydrogen (secondary N) is 1. The van der Waals surface area contributed by atoms with Crippen LogP contribution >= 0.6 is 34.3 Å². The Labute approximate surface area is 206 Å². The number of esters is 1. The molecule has 1 unspecified atom stereocenters. The Morgan fingerprint density at radius 3 is 2.73 bits per heavy atom. The first kappa shape index (κ1) is 24.6.